The third kappa shape index (κ3) is 4.32. The molecule has 0 bridgehead atoms. The quantitative estimate of drug-likeness (QED) is 0.472. The molecule has 8 nitrogen and oxygen atoms in total. The fourth-order valence-electron chi connectivity index (χ4n) is 3.42. The SMILES string of the molecule is CCN(CC)c1cc(Nc2ccn3ccnc3c2)nc(Nc2cc(C)cc(C)n2)n1. The Balaban J connectivity index is 1.69. The number of aromatic nitrogens is 5. The summed E-state index contributed by atoms with van der Waals surface area (Å²) in [6.45, 7) is 9.96. The van der Waals surface area contributed by atoms with Gasteiger partial charge in [0.2, 0.25) is 5.95 Å². The Morgan fingerprint density at radius 1 is 0.900 bits per heavy atom. The van der Waals surface area contributed by atoms with E-state index in [1.165, 1.54) is 0 Å². The molecule has 0 atom stereocenters. The van der Waals surface area contributed by atoms with Crippen LogP contribution in [-0.2, 0) is 0 Å². The summed E-state index contributed by atoms with van der Waals surface area (Å²) in [5, 5.41) is 6.65. The fourth-order valence-corrected chi connectivity index (χ4v) is 3.42. The molecule has 0 amide bonds. The molecule has 0 fully saturated rings. The molecular weight excluding hydrogens is 376 g/mol. The highest BCUT2D eigenvalue weighted by molar-refractivity contribution is 5.65. The van der Waals surface area contributed by atoms with Gasteiger partial charge >= 0.3 is 0 Å². The van der Waals surface area contributed by atoms with Crippen LogP contribution in [0.4, 0.5) is 29.1 Å². The van der Waals surface area contributed by atoms with E-state index in [4.69, 9.17) is 4.98 Å². The molecule has 8 heteroatoms. The van der Waals surface area contributed by atoms with Crippen LogP contribution in [-0.4, -0.2) is 37.4 Å². The van der Waals surface area contributed by atoms with Crippen molar-refractivity contribution < 1.29 is 0 Å². The van der Waals surface area contributed by atoms with Gasteiger partial charge in [0.05, 0.1) is 0 Å². The van der Waals surface area contributed by atoms with Crippen molar-refractivity contribution in [1.29, 1.82) is 0 Å². The van der Waals surface area contributed by atoms with Gasteiger partial charge in [0.1, 0.15) is 23.1 Å². The molecule has 0 radical (unpaired) electrons. The maximum Gasteiger partial charge on any atom is 0.232 e. The summed E-state index contributed by atoms with van der Waals surface area (Å²) in [6.07, 6.45) is 5.66. The summed E-state index contributed by atoms with van der Waals surface area (Å²) in [6, 6.07) is 9.96. The lowest BCUT2D eigenvalue weighted by atomic mass is 10.2. The zero-order valence-electron chi connectivity index (χ0n) is 17.7. The van der Waals surface area contributed by atoms with Gasteiger partial charge in [0.25, 0.3) is 0 Å². The van der Waals surface area contributed by atoms with E-state index in [1.54, 1.807) is 6.20 Å². The normalized spacial score (nSPS) is 10.9. The molecule has 0 aliphatic heterocycles. The standard InChI is InChI=1S/C22H26N8/c1-5-29(6-2)21-14-19(25-17-7-9-30-10-8-23-20(30)13-17)27-22(28-21)26-18-12-15(3)11-16(4)24-18/h7-14H,5-6H2,1-4H3,(H2,24,25,26,27,28). The van der Waals surface area contributed by atoms with Crippen molar-refractivity contribution in [2.24, 2.45) is 0 Å². The molecule has 4 aromatic rings. The second-order valence-corrected chi connectivity index (χ2v) is 7.14. The van der Waals surface area contributed by atoms with Crippen molar-refractivity contribution in [1.82, 2.24) is 24.3 Å². The number of hydrogen-bond donors (Lipinski definition) is 2. The third-order valence-corrected chi connectivity index (χ3v) is 4.81. The topological polar surface area (TPSA) is 83.3 Å². The second-order valence-electron chi connectivity index (χ2n) is 7.14. The third-order valence-electron chi connectivity index (χ3n) is 4.81. The van der Waals surface area contributed by atoms with E-state index >= 15 is 0 Å². The second kappa shape index (κ2) is 8.36. The summed E-state index contributed by atoms with van der Waals surface area (Å²) >= 11 is 0. The van der Waals surface area contributed by atoms with E-state index < -0.39 is 0 Å². The highest BCUT2D eigenvalue weighted by Gasteiger charge is 2.11. The summed E-state index contributed by atoms with van der Waals surface area (Å²) in [4.78, 5) is 20.5. The molecule has 4 aromatic heterocycles. The smallest absolute Gasteiger partial charge is 0.232 e. The number of rotatable bonds is 7. The zero-order chi connectivity index (χ0) is 21.1. The van der Waals surface area contributed by atoms with Gasteiger partial charge in [-0.25, -0.2) is 9.97 Å². The number of imidazole rings is 1. The Morgan fingerprint density at radius 3 is 2.47 bits per heavy atom. The first-order valence-electron chi connectivity index (χ1n) is 10.1. The minimum atomic E-state index is 0.501. The van der Waals surface area contributed by atoms with Crippen LogP contribution >= 0.6 is 0 Å². The van der Waals surface area contributed by atoms with Crippen LogP contribution in [0.3, 0.4) is 0 Å². The van der Waals surface area contributed by atoms with E-state index in [1.807, 2.05) is 61.0 Å². The van der Waals surface area contributed by atoms with Crippen molar-refractivity contribution in [2.75, 3.05) is 28.6 Å². The van der Waals surface area contributed by atoms with Crippen molar-refractivity contribution in [2.45, 2.75) is 27.7 Å². The molecule has 0 aliphatic carbocycles. The molecule has 0 saturated carbocycles. The lowest BCUT2D eigenvalue weighted by Gasteiger charge is -2.21. The van der Waals surface area contributed by atoms with Crippen molar-refractivity contribution >= 4 is 34.7 Å². The fraction of sp³-hybridized carbons (Fsp3) is 0.273. The largest absolute Gasteiger partial charge is 0.357 e. The van der Waals surface area contributed by atoms with Gasteiger partial charge in [-0.1, -0.05) is 0 Å². The maximum atomic E-state index is 4.72. The number of fused-ring (bicyclic) bond motifs is 1. The highest BCUT2D eigenvalue weighted by atomic mass is 15.2. The Bertz CT molecular complexity index is 1140. The Kier molecular flexibility index (Phi) is 5.47. The number of anilines is 5. The Morgan fingerprint density at radius 2 is 1.70 bits per heavy atom. The molecule has 0 spiro atoms. The van der Waals surface area contributed by atoms with Crippen molar-refractivity contribution in [3.8, 4) is 0 Å². The van der Waals surface area contributed by atoms with Crippen molar-refractivity contribution in [3.63, 3.8) is 0 Å². The first-order valence-corrected chi connectivity index (χ1v) is 10.1. The Labute approximate surface area is 176 Å². The lowest BCUT2D eigenvalue weighted by molar-refractivity contribution is 0.843. The van der Waals surface area contributed by atoms with E-state index in [0.29, 0.717) is 11.8 Å². The monoisotopic (exact) mass is 402 g/mol. The van der Waals surface area contributed by atoms with Gasteiger partial charge in [-0.05, 0) is 51.5 Å². The molecule has 0 aliphatic rings. The average molecular weight is 403 g/mol. The minimum Gasteiger partial charge on any atom is -0.357 e. The van der Waals surface area contributed by atoms with E-state index in [9.17, 15) is 0 Å². The Hall–Kier alpha value is -3.68. The molecular formula is C22H26N8. The number of hydrogen-bond acceptors (Lipinski definition) is 7. The van der Waals surface area contributed by atoms with Gasteiger partial charge in [-0.15, -0.1) is 0 Å². The van der Waals surface area contributed by atoms with Crippen LogP contribution in [0.25, 0.3) is 5.65 Å². The molecule has 0 saturated heterocycles. The zero-order valence-corrected chi connectivity index (χ0v) is 17.7. The van der Waals surface area contributed by atoms with Gasteiger partial charge in [-0.3, -0.25) is 0 Å². The lowest BCUT2D eigenvalue weighted by Crippen LogP contribution is -2.23. The van der Waals surface area contributed by atoms with Crippen LogP contribution in [0.5, 0.6) is 0 Å². The maximum absolute atomic E-state index is 4.72. The molecule has 0 unspecified atom stereocenters. The number of nitrogens with zero attached hydrogens (tertiary/aromatic N) is 6. The van der Waals surface area contributed by atoms with Gasteiger partial charge in [-0.2, -0.15) is 9.97 Å². The van der Waals surface area contributed by atoms with Crippen LogP contribution in [0, 0.1) is 13.8 Å². The number of aryl methyl sites for hydroxylation is 2. The predicted octanol–water partition coefficient (Wildman–Crippen LogP) is 4.47. The highest BCUT2D eigenvalue weighted by Crippen LogP contribution is 2.24. The predicted molar refractivity (Wildman–Crippen MR) is 121 cm³/mol. The van der Waals surface area contributed by atoms with Crippen molar-refractivity contribution in [3.05, 3.63) is 60.2 Å². The molecule has 0 aromatic carbocycles. The van der Waals surface area contributed by atoms with Crippen LogP contribution in [0.15, 0.2) is 48.9 Å². The van der Waals surface area contributed by atoms with Crippen LogP contribution in [0.2, 0.25) is 0 Å². The van der Waals surface area contributed by atoms with Crippen LogP contribution < -0.4 is 15.5 Å². The molecule has 30 heavy (non-hydrogen) atoms. The van der Waals surface area contributed by atoms with E-state index in [-0.39, 0.29) is 0 Å². The van der Waals surface area contributed by atoms with Gasteiger partial charge in [0, 0.05) is 55.2 Å². The summed E-state index contributed by atoms with van der Waals surface area (Å²) in [5.74, 6) is 2.79. The summed E-state index contributed by atoms with van der Waals surface area (Å²) in [5.41, 5.74) is 3.86. The van der Waals surface area contributed by atoms with Crippen LogP contribution in [0.1, 0.15) is 25.1 Å². The minimum absolute atomic E-state index is 0.501. The first kappa shape index (κ1) is 19.6. The molecule has 2 N–H and O–H groups in total. The van der Waals surface area contributed by atoms with Gasteiger partial charge in [0.15, 0.2) is 0 Å². The first-order chi connectivity index (χ1) is 14.5. The molecule has 154 valence electrons. The summed E-state index contributed by atoms with van der Waals surface area (Å²) < 4.78 is 1.96. The van der Waals surface area contributed by atoms with E-state index in [0.717, 1.165) is 47.3 Å². The number of nitrogens with one attached hydrogen (secondary N) is 2. The number of pyridine rings is 2. The molecule has 4 heterocycles. The molecule has 4 rings (SSSR count). The summed E-state index contributed by atoms with van der Waals surface area (Å²) in [7, 11) is 0. The van der Waals surface area contributed by atoms with E-state index in [2.05, 4.69) is 44.3 Å². The van der Waals surface area contributed by atoms with Gasteiger partial charge < -0.3 is 19.9 Å². The average Bonchev–Trinajstić information content (AvgIpc) is 3.16.